The molecule has 0 bridgehead atoms. The summed E-state index contributed by atoms with van der Waals surface area (Å²) in [6.07, 6.45) is 0. The van der Waals surface area contributed by atoms with E-state index in [0.717, 1.165) is 0 Å². The van der Waals surface area contributed by atoms with Gasteiger partial charge in [0.25, 0.3) is 0 Å². The van der Waals surface area contributed by atoms with E-state index < -0.39 is 0 Å². The van der Waals surface area contributed by atoms with Crippen LogP contribution < -0.4 is 24.5 Å². The van der Waals surface area contributed by atoms with Crippen LogP contribution in [0.1, 0.15) is 0 Å². The molecule has 0 unspecified atom stereocenters. The van der Waals surface area contributed by atoms with E-state index in [9.17, 15) is 0 Å². The van der Waals surface area contributed by atoms with E-state index in [1.807, 2.05) is 0 Å². The van der Waals surface area contributed by atoms with E-state index in [4.69, 9.17) is 0 Å². The summed E-state index contributed by atoms with van der Waals surface area (Å²) < 4.78 is 0. The van der Waals surface area contributed by atoms with Crippen molar-refractivity contribution in [3.63, 3.8) is 0 Å². The summed E-state index contributed by atoms with van der Waals surface area (Å²) in [5.41, 5.74) is 0. The van der Waals surface area contributed by atoms with Crippen molar-refractivity contribution in [3.8, 4) is 0 Å². The quantitative estimate of drug-likeness (QED) is 0.141. The third-order valence-corrected chi connectivity index (χ3v) is 0. The molecule has 0 spiro atoms. The zero-order valence-corrected chi connectivity index (χ0v) is 78.4. The van der Waals surface area contributed by atoms with Gasteiger partial charge in [0.05, 0.1) is 106 Å². The van der Waals surface area contributed by atoms with E-state index in [0.29, 0.717) is 0 Å². The van der Waals surface area contributed by atoms with Gasteiger partial charge >= 0.3 is 0 Å². The second-order valence-corrected chi connectivity index (χ2v) is 7.50. The first-order valence-corrected chi connectivity index (χ1v) is 7.50. The summed E-state index contributed by atoms with van der Waals surface area (Å²) in [5, 5.41) is 0. The molecule has 0 atom stereocenters. The molecule has 0 aliphatic carbocycles. The van der Waals surface area contributed by atoms with Gasteiger partial charge < -0.3 is 244 Å². The third kappa shape index (κ3) is 10200. The largest absolute Gasteiger partial charge is 0.412 e. The van der Waals surface area contributed by atoms with Gasteiger partial charge in [-0.25, -0.2) is 0 Å². The van der Waals surface area contributed by atoms with Crippen molar-refractivity contribution >= 4 is 11.0 Å². The second-order valence-electron chi connectivity index (χ2n) is 7.50. The number of hydrogen-bond donors (Lipinski definition) is 5. The van der Waals surface area contributed by atoms with E-state index in [1.54, 1.807) is 0 Å². The fourth-order valence-electron chi connectivity index (χ4n) is 0. The molecule has 525 valence electrons. The van der Waals surface area contributed by atoms with Crippen LogP contribution in [-0.2, 0) is 254 Å². The molecule has 0 heterocycles. The number of hydrogen-bond acceptors (Lipinski definition) is 0. The molecule has 0 fully saturated rings. The predicted octanol–water partition coefficient (Wildman–Crippen LogP) is -39.6. The van der Waals surface area contributed by atoms with Crippen LogP contribution in [0.25, 0.3) is 0 Å². The predicted molar refractivity (Wildman–Crippen MR) is 244 cm³/mol. The van der Waals surface area contributed by atoms with Crippen LogP contribution in [0, 0.1) is 0 Å². The fourth-order valence-corrected chi connectivity index (χ4v) is 0. The summed E-state index contributed by atoms with van der Waals surface area (Å²) in [6, 6.07) is 0. The zero-order chi connectivity index (χ0) is 17.9. The van der Waals surface area contributed by atoms with Gasteiger partial charge in [0.2, 0.25) is 0 Å². The van der Waals surface area contributed by atoms with Gasteiger partial charge in [0.1, 0.15) is 0 Å². The maximum Gasteiger partial charge on any atom is 0.0661 e. The van der Waals surface area contributed by atoms with Crippen LogP contribution in [0.4, 0.5) is 0 Å². The van der Waals surface area contributed by atoms with Crippen molar-refractivity contribution in [2.24, 2.45) is 0 Å². The first-order chi connectivity index (χ1) is 8.66. The van der Waals surface area contributed by atoms with Crippen molar-refractivity contribution < 1.29 is 498 Å². The van der Waals surface area contributed by atoms with Crippen LogP contribution in [0.3, 0.4) is 0 Å². The molecule has 5 radical (unpaired) electrons. The fraction of sp³-hybridized carbons (Fsp3) is 1.00. The Morgan fingerprint density at radius 3 is 0.110 bits per heavy atom. The molecular formula is C15H130N5NbO40SiW11+5. The molecule has 58 heteroatoms. The Morgan fingerprint density at radius 2 is 0.110 bits per heavy atom. The molecule has 0 saturated carbocycles. The summed E-state index contributed by atoms with van der Waals surface area (Å²) in [6.45, 7) is 0. The molecule has 45 nitrogen and oxygen atoms in total. The molecule has 0 saturated heterocycles. The summed E-state index contributed by atoms with van der Waals surface area (Å²) in [7, 11) is 31.2. The smallest absolute Gasteiger partial charge is 0.0661 e. The summed E-state index contributed by atoms with van der Waals surface area (Å²) in [5.74, 6) is 0. The van der Waals surface area contributed by atoms with Gasteiger partial charge in [-0.2, -0.15) is 0 Å². The van der Waals surface area contributed by atoms with Crippen molar-refractivity contribution in [3.05, 3.63) is 0 Å². The average Bonchev–Trinajstić information content (AvgIpc) is 1.94. The average molecular weight is 3160 g/mol. The van der Waals surface area contributed by atoms with Crippen molar-refractivity contribution in [1.82, 2.24) is 0 Å². The Labute approximate surface area is 607 Å². The monoisotopic (exact) mass is 3170 g/mol. The van der Waals surface area contributed by atoms with Crippen LogP contribution in [0.15, 0.2) is 0 Å². The minimum Gasteiger partial charge on any atom is -0.412 e. The maximum absolute atomic E-state index is 2.08. The molecule has 0 rings (SSSR count). The number of rotatable bonds is 0. The summed E-state index contributed by atoms with van der Waals surface area (Å²) >= 11 is 0. The first kappa shape index (κ1) is 1050. The van der Waals surface area contributed by atoms with Gasteiger partial charge in [0, 0.05) is 265 Å². The topological polar surface area (TPSA) is 1280 Å². The van der Waals surface area contributed by atoms with Crippen LogP contribution in [0.5, 0.6) is 0 Å². The minimum absolute atomic E-state index is 0. The molecule has 0 aromatic rings. The Balaban J connectivity index is -0.000000000582. The third-order valence-electron chi connectivity index (χ3n) is 0. The Hall–Kier alpha value is 6.73. The van der Waals surface area contributed by atoms with Gasteiger partial charge in [-0.3, -0.25) is 0 Å². The molecule has 73 heavy (non-hydrogen) atoms. The summed E-state index contributed by atoms with van der Waals surface area (Å²) in [4.78, 5) is 7.08. The van der Waals surface area contributed by atoms with Crippen molar-refractivity contribution in [2.45, 2.75) is 0 Å². The number of quaternary nitrogens is 5. The van der Waals surface area contributed by atoms with Crippen molar-refractivity contribution in [1.29, 1.82) is 0 Å². The molecule has 0 amide bonds. The SMILES string of the molecule is C[NH+](C)C.C[NH+](C)C.C[NH+](C)C.C[NH+](C)C.C[NH+](C)C.O.O.O.O.O.O.O.O.O.O.O.O.O.O.O.O.O.O.O.O.O.O.O.O.O.O.O.O.O.O.O.O.O.O.O.O.O.O.O.O.[Nb].[Si].[W].[W].[W].[W].[W].[W].[W].[W].[W].[W].[W]. The minimum atomic E-state index is 0. The number of nitrogens with one attached hydrogen (secondary N) is 5. The van der Waals surface area contributed by atoms with Crippen LogP contribution in [-0.4, -0.2) is 336 Å². The van der Waals surface area contributed by atoms with Gasteiger partial charge in [-0.1, -0.05) is 0 Å². The second kappa shape index (κ2) is 1010. The standard InChI is InChI=1S/5C3H9N.Nb.40H2O.Si.11W/c5*1-4(2)3;;;;;;;;;;;;;;;;;;;;;;;;;;;;;;;;;;;;;;;;;;;;;;;;;;;;;/h5*1-3H3;;40*1H2;;;;;;;;;;;;/p+5. The van der Waals surface area contributed by atoms with Crippen molar-refractivity contribution in [2.75, 3.05) is 106 Å². The van der Waals surface area contributed by atoms with E-state index in [2.05, 4.69) is 106 Å². The van der Waals surface area contributed by atoms with Gasteiger partial charge in [0.15, 0.2) is 0 Å². The van der Waals surface area contributed by atoms with E-state index in [1.165, 1.54) is 24.5 Å². The van der Waals surface area contributed by atoms with E-state index >= 15 is 0 Å². The maximum atomic E-state index is 2.08. The molecule has 0 aromatic carbocycles. The molecular weight excluding hydrogens is 3030 g/mol. The zero-order valence-electron chi connectivity index (χ0n) is 42.9. The molecule has 0 aromatic heterocycles. The van der Waals surface area contributed by atoms with E-state index in [-0.39, 0.29) is 484 Å². The first-order valence-electron chi connectivity index (χ1n) is 7.50. The normalized spacial score (nSPS) is 2.47. The molecule has 85 N–H and O–H groups in total. The Morgan fingerprint density at radius 1 is 0.110 bits per heavy atom. The van der Waals surface area contributed by atoms with Crippen LogP contribution in [0.2, 0.25) is 0 Å². The molecule has 0 aliphatic heterocycles. The Kier molecular flexibility index (Phi) is 14400. The Bertz CT molecular complexity index is 189. The van der Waals surface area contributed by atoms with Gasteiger partial charge in [-0.05, 0) is 0 Å². The molecule has 0 aliphatic rings. The van der Waals surface area contributed by atoms with Gasteiger partial charge in [-0.15, -0.1) is 0 Å². The van der Waals surface area contributed by atoms with Crippen LogP contribution >= 0.6 is 0 Å².